The van der Waals surface area contributed by atoms with Crippen LogP contribution in [0.25, 0.3) is 0 Å². The molecule has 0 saturated carbocycles. The van der Waals surface area contributed by atoms with Gasteiger partial charge in [0, 0.05) is 12.6 Å². The number of carboxylic acids is 1. The minimum Gasteiger partial charge on any atom is -0.481 e. The van der Waals surface area contributed by atoms with Gasteiger partial charge in [-0.2, -0.15) is 0 Å². The van der Waals surface area contributed by atoms with Crippen LogP contribution >= 0.6 is 0 Å². The van der Waals surface area contributed by atoms with Gasteiger partial charge in [-0.05, 0) is 11.8 Å². The zero-order valence-corrected chi connectivity index (χ0v) is 11.8. The average molecular weight is 271 g/mol. The topological polar surface area (TPSA) is 92.7 Å². The highest BCUT2D eigenvalue weighted by molar-refractivity contribution is 6.01. The Labute approximate surface area is 112 Å². The molecule has 0 aliphatic heterocycles. The Morgan fingerprint density at radius 1 is 1.26 bits per heavy atom. The van der Waals surface area contributed by atoms with Gasteiger partial charge in [0.05, 0.1) is 19.1 Å². The molecule has 0 aromatic carbocycles. The second-order valence-corrected chi connectivity index (χ2v) is 5.33. The third-order valence-electron chi connectivity index (χ3n) is 2.27. The summed E-state index contributed by atoms with van der Waals surface area (Å²) in [7, 11) is 1.13. The molecule has 6 heteroatoms. The van der Waals surface area contributed by atoms with Gasteiger partial charge in [-0.25, -0.2) is 4.79 Å². The van der Waals surface area contributed by atoms with E-state index in [-0.39, 0.29) is 11.0 Å². The highest BCUT2D eigenvalue weighted by Crippen LogP contribution is 2.16. The van der Waals surface area contributed by atoms with Crippen molar-refractivity contribution in [2.75, 3.05) is 13.7 Å². The fraction of sp³-hybridized carbons (Fsp3) is 0.615. The fourth-order valence-corrected chi connectivity index (χ4v) is 1.25. The van der Waals surface area contributed by atoms with Crippen molar-refractivity contribution in [2.45, 2.75) is 33.6 Å². The van der Waals surface area contributed by atoms with Crippen molar-refractivity contribution in [1.82, 2.24) is 5.32 Å². The molecule has 0 saturated heterocycles. The maximum atomic E-state index is 11.6. The molecule has 108 valence electrons. The second kappa shape index (κ2) is 7.56. The number of nitrogens with one attached hydrogen (secondary N) is 1. The molecule has 0 aliphatic rings. The van der Waals surface area contributed by atoms with Crippen molar-refractivity contribution in [1.29, 1.82) is 0 Å². The van der Waals surface area contributed by atoms with Crippen LogP contribution in [0.15, 0.2) is 11.6 Å². The van der Waals surface area contributed by atoms with E-state index in [2.05, 4.69) is 10.1 Å². The second-order valence-electron chi connectivity index (χ2n) is 5.33. The largest absolute Gasteiger partial charge is 0.481 e. The average Bonchev–Trinajstić information content (AvgIpc) is 2.24. The molecule has 0 heterocycles. The molecular formula is C13H21NO5. The van der Waals surface area contributed by atoms with E-state index in [4.69, 9.17) is 5.11 Å². The maximum absolute atomic E-state index is 11.6. The predicted octanol–water partition coefficient (Wildman–Crippen LogP) is 1.11. The number of methoxy groups -OCH3 is 1. The number of esters is 1. The molecule has 6 nitrogen and oxygen atoms in total. The Morgan fingerprint density at radius 3 is 2.26 bits per heavy atom. The number of ether oxygens (including phenoxy) is 1. The third-order valence-corrected chi connectivity index (χ3v) is 2.27. The molecule has 0 radical (unpaired) electrons. The lowest BCUT2D eigenvalue weighted by Crippen LogP contribution is -2.26. The first-order chi connectivity index (χ1) is 8.65. The summed E-state index contributed by atoms with van der Waals surface area (Å²) in [4.78, 5) is 33.4. The lowest BCUT2D eigenvalue weighted by molar-refractivity contribution is -0.141. The highest BCUT2D eigenvalue weighted by Gasteiger charge is 2.16. The SMILES string of the molecule is COC(=O)/C(=C\C(=O)NCCC(C)(C)C)CC(=O)O. The molecule has 0 aromatic rings. The normalized spacial score (nSPS) is 11.9. The van der Waals surface area contributed by atoms with Gasteiger partial charge in [-0.3, -0.25) is 9.59 Å². The molecule has 1 amide bonds. The van der Waals surface area contributed by atoms with Crippen LogP contribution in [-0.2, 0) is 19.1 Å². The van der Waals surface area contributed by atoms with E-state index in [0.717, 1.165) is 19.6 Å². The van der Waals surface area contributed by atoms with Crippen LogP contribution in [0, 0.1) is 5.41 Å². The Kier molecular flexibility index (Phi) is 6.82. The van der Waals surface area contributed by atoms with Crippen molar-refractivity contribution in [3.8, 4) is 0 Å². The molecule has 0 spiro atoms. The molecular weight excluding hydrogens is 250 g/mol. The number of carboxylic acid groups (broad SMARTS) is 1. The van der Waals surface area contributed by atoms with Crippen LogP contribution in [0.3, 0.4) is 0 Å². The summed E-state index contributed by atoms with van der Waals surface area (Å²) in [6, 6.07) is 0. The predicted molar refractivity (Wildman–Crippen MR) is 69.4 cm³/mol. The summed E-state index contributed by atoms with van der Waals surface area (Å²) in [5, 5.41) is 11.2. The Bertz CT molecular complexity index is 379. The molecule has 19 heavy (non-hydrogen) atoms. The number of carbonyl (C=O) groups is 3. The van der Waals surface area contributed by atoms with Gasteiger partial charge in [-0.15, -0.1) is 0 Å². The van der Waals surface area contributed by atoms with E-state index in [1.165, 1.54) is 0 Å². The summed E-state index contributed by atoms with van der Waals surface area (Å²) in [6.07, 6.45) is 1.21. The Balaban J connectivity index is 4.53. The molecule has 0 aliphatic carbocycles. The van der Waals surface area contributed by atoms with Gasteiger partial charge in [0.25, 0.3) is 0 Å². The first kappa shape index (κ1) is 17.2. The number of hydrogen-bond acceptors (Lipinski definition) is 4. The molecule has 0 aromatic heterocycles. The van der Waals surface area contributed by atoms with E-state index < -0.39 is 24.3 Å². The smallest absolute Gasteiger partial charge is 0.334 e. The highest BCUT2D eigenvalue weighted by atomic mass is 16.5. The minimum absolute atomic E-state index is 0.0865. The quantitative estimate of drug-likeness (QED) is 0.557. The molecule has 0 atom stereocenters. The molecule has 0 unspecified atom stereocenters. The van der Waals surface area contributed by atoms with Crippen LogP contribution in [0.4, 0.5) is 0 Å². The fourth-order valence-electron chi connectivity index (χ4n) is 1.25. The van der Waals surface area contributed by atoms with Gasteiger partial charge in [0.15, 0.2) is 0 Å². The van der Waals surface area contributed by atoms with Gasteiger partial charge < -0.3 is 15.2 Å². The van der Waals surface area contributed by atoms with E-state index in [9.17, 15) is 14.4 Å². The molecule has 0 rings (SSSR count). The zero-order valence-electron chi connectivity index (χ0n) is 11.8. The Morgan fingerprint density at radius 2 is 1.84 bits per heavy atom. The van der Waals surface area contributed by atoms with Crippen molar-refractivity contribution < 1.29 is 24.2 Å². The first-order valence-electron chi connectivity index (χ1n) is 5.94. The van der Waals surface area contributed by atoms with Gasteiger partial charge in [-0.1, -0.05) is 20.8 Å². The molecule has 0 bridgehead atoms. The lowest BCUT2D eigenvalue weighted by atomic mass is 9.92. The van der Waals surface area contributed by atoms with E-state index >= 15 is 0 Å². The monoisotopic (exact) mass is 271 g/mol. The van der Waals surface area contributed by atoms with E-state index in [0.29, 0.717) is 6.54 Å². The van der Waals surface area contributed by atoms with Crippen LogP contribution < -0.4 is 5.32 Å². The zero-order chi connectivity index (χ0) is 15.1. The van der Waals surface area contributed by atoms with Gasteiger partial charge in [0.2, 0.25) is 5.91 Å². The third kappa shape index (κ3) is 8.82. The van der Waals surface area contributed by atoms with Crippen LogP contribution in [-0.4, -0.2) is 36.6 Å². The Hall–Kier alpha value is -1.85. The summed E-state index contributed by atoms with van der Waals surface area (Å²) in [5.41, 5.74) is -0.0910. The number of rotatable bonds is 6. The van der Waals surface area contributed by atoms with Crippen molar-refractivity contribution >= 4 is 17.8 Å². The first-order valence-corrected chi connectivity index (χ1v) is 5.94. The lowest BCUT2D eigenvalue weighted by Gasteiger charge is -2.17. The van der Waals surface area contributed by atoms with Gasteiger partial charge >= 0.3 is 11.9 Å². The standard InChI is InChI=1S/C13H21NO5/c1-13(2,3)5-6-14-10(15)7-9(8-11(16)17)12(18)19-4/h7H,5-6,8H2,1-4H3,(H,14,15)(H,16,17)/b9-7-. The maximum Gasteiger partial charge on any atom is 0.334 e. The molecule has 2 N–H and O–H groups in total. The summed E-state index contributed by atoms with van der Waals surface area (Å²) >= 11 is 0. The van der Waals surface area contributed by atoms with Crippen LogP contribution in [0.2, 0.25) is 0 Å². The summed E-state index contributed by atoms with van der Waals surface area (Å²) < 4.78 is 4.42. The minimum atomic E-state index is -1.20. The van der Waals surface area contributed by atoms with E-state index in [1.807, 2.05) is 20.8 Å². The van der Waals surface area contributed by atoms with Crippen molar-refractivity contribution in [3.05, 3.63) is 11.6 Å². The number of amides is 1. The van der Waals surface area contributed by atoms with Gasteiger partial charge in [0.1, 0.15) is 0 Å². The van der Waals surface area contributed by atoms with Crippen molar-refractivity contribution in [3.63, 3.8) is 0 Å². The summed E-state index contributed by atoms with van der Waals surface area (Å²) in [5.74, 6) is -2.50. The van der Waals surface area contributed by atoms with E-state index in [1.54, 1.807) is 0 Å². The molecule has 0 fully saturated rings. The van der Waals surface area contributed by atoms with Crippen molar-refractivity contribution in [2.24, 2.45) is 5.41 Å². The van der Waals surface area contributed by atoms with Crippen LogP contribution in [0.1, 0.15) is 33.6 Å². The van der Waals surface area contributed by atoms with Crippen LogP contribution in [0.5, 0.6) is 0 Å². The summed E-state index contributed by atoms with van der Waals surface area (Å²) in [6.45, 7) is 6.58. The number of aliphatic carboxylic acids is 1. The number of hydrogen-bond donors (Lipinski definition) is 2. The number of carbonyl (C=O) groups excluding carboxylic acids is 2.